The molecule has 0 spiro atoms. The van der Waals surface area contributed by atoms with Crippen molar-refractivity contribution in [2.24, 2.45) is 5.92 Å². The minimum absolute atomic E-state index is 0.0956. The van der Waals surface area contributed by atoms with E-state index >= 15 is 0 Å². The van der Waals surface area contributed by atoms with Crippen LogP contribution < -0.4 is 0 Å². The van der Waals surface area contributed by atoms with E-state index in [0.717, 1.165) is 0 Å². The molecule has 0 saturated heterocycles. The van der Waals surface area contributed by atoms with Gasteiger partial charge in [0.25, 0.3) is 0 Å². The second-order valence-electron chi connectivity index (χ2n) is 5.37. The van der Waals surface area contributed by atoms with Crippen molar-refractivity contribution in [3.63, 3.8) is 0 Å². The van der Waals surface area contributed by atoms with Crippen LogP contribution in [-0.4, -0.2) is 12.6 Å². The van der Waals surface area contributed by atoms with Gasteiger partial charge in [0.2, 0.25) is 0 Å². The summed E-state index contributed by atoms with van der Waals surface area (Å²) in [6.45, 7) is 4.09. The van der Waals surface area contributed by atoms with Gasteiger partial charge in [0, 0.05) is 5.92 Å². The highest BCUT2D eigenvalue weighted by atomic mass is 16.5. The van der Waals surface area contributed by atoms with E-state index in [1.807, 2.05) is 38.1 Å². The summed E-state index contributed by atoms with van der Waals surface area (Å²) in [5.41, 5.74) is 10.8. The molecule has 0 N–H and O–H groups in total. The molecule has 1 unspecified atom stereocenters. The molecule has 2 nitrogen and oxygen atoms in total. The van der Waals surface area contributed by atoms with Crippen LogP contribution in [-0.2, 0) is 9.53 Å². The molecule has 1 aromatic carbocycles. The van der Waals surface area contributed by atoms with Gasteiger partial charge in [-0.3, -0.25) is 4.79 Å². The number of hydrogen-bond acceptors (Lipinski definition) is 2. The predicted octanol–water partition coefficient (Wildman–Crippen LogP) is 3.62. The highest BCUT2D eigenvalue weighted by molar-refractivity contribution is 5.87. The summed E-state index contributed by atoms with van der Waals surface area (Å²) in [4.78, 5) is 11.7. The van der Waals surface area contributed by atoms with Gasteiger partial charge in [-0.05, 0) is 34.4 Å². The SMILES string of the molecule is CC(C)C(=O)OCC1C2=C(C=C=C=C2)c2ccccc21. The predicted molar refractivity (Wildman–Crippen MR) is 78.1 cm³/mol. The highest BCUT2D eigenvalue weighted by Gasteiger charge is 2.30. The summed E-state index contributed by atoms with van der Waals surface area (Å²) in [5, 5.41) is 0. The van der Waals surface area contributed by atoms with Crippen LogP contribution in [0.1, 0.15) is 30.9 Å². The molecular weight excluding hydrogens is 248 g/mol. The molecule has 100 valence electrons. The van der Waals surface area contributed by atoms with Crippen molar-refractivity contribution in [2.45, 2.75) is 19.8 Å². The number of rotatable bonds is 3. The highest BCUT2D eigenvalue weighted by Crippen LogP contribution is 2.43. The van der Waals surface area contributed by atoms with Gasteiger partial charge < -0.3 is 4.74 Å². The summed E-state index contributed by atoms with van der Waals surface area (Å²) in [5.74, 6) is -0.140. The average molecular weight is 264 g/mol. The fourth-order valence-corrected chi connectivity index (χ4v) is 2.64. The van der Waals surface area contributed by atoms with Gasteiger partial charge in [-0.15, -0.1) is 0 Å². The Bertz CT molecular complexity index is 694. The molecule has 0 bridgehead atoms. The minimum atomic E-state index is -0.151. The summed E-state index contributed by atoms with van der Waals surface area (Å²) in [6.07, 6.45) is 3.90. The summed E-state index contributed by atoms with van der Waals surface area (Å²) in [7, 11) is 0. The maximum Gasteiger partial charge on any atom is 0.308 e. The second kappa shape index (κ2) is 5.02. The molecule has 0 aliphatic heterocycles. The quantitative estimate of drug-likeness (QED) is 0.615. The van der Waals surface area contributed by atoms with Gasteiger partial charge in [0.15, 0.2) is 0 Å². The number of allylic oxidation sites excluding steroid dienone is 3. The van der Waals surface area contributed by atoms with Gasteiger partial charge in [-0.25, -0.2) is 0 Å². The second-order valence-corrected chi connectivity index (χ2v) is 5.37. The summed E-state index contributed by atoms with van der Waals surface area (Å²) >= 11 is 0. The molecule has 0 saturated carbocycles. The van der Waals surface area contributed by atoms with Crippen molar-refractivity contribution in [1.82, 2.24) is 0 Å². The van der Waals surface area contributed by atoms with Gasteiger partial charge in [-0.1, -0.05) is 49.6 Å². The topological polar surface area (TPSA) is 26.3 Å². The van der Waals surface area contributed by atoms with E-state index in [-0.39, 0.29) is 17.8 Å². The first-order chi connectivity index (χ1) is 9.68. The number of carbonyl (C=O) groups is 1. The lowest BCUT2D eigenvalue weighted by Crippen LogP contribution is -2.16. The third kappa shape index (κ3) is 2.06. The zero-order chi connectivity index (χ0) is 14.1. The Morgan fingerprint density at radius 3 is 2.80 bits per heavy atom. The molecule has 2 aliphatic rings. The zero-order valence-electron chi connectivity index (χ0n) is 11.6. The smallest absolute Gasteiger partial charge is 0.308 e. The van der Waals surface area contributed by atoms with Gasteiger partial charge in [0.05, 0.1) is 5.92 Å². The Balaban J connectivity index is 1.91. The third-order valence-corrected chi connectivity index (χ3v) is 3.70. The molecular formula is C18H16O2. The Kier molecular flexibility index (Phi) is 3.20. The minimum Gasteiger partial charge on any atom is -0.464 e. The van der Waals surface area contributed by atoms with Crippen molar-refractivity contribution in [1.29, 1.82) is 0 Å². The first-order valence-corrected chi connectivity index (χ1v) is 6.86. The van der Waals surface area contributed by atoms with Gasteiger partial charge >= 0.3 is 5.97 Å². The molecule has 2 heteroatoms. The van der Waals surface area contributed by atoms with E-state index in [2.05, 4.69) is 23.6 Å². The van der Waals surface area contributed by atoms with Crippen molar-refractivity contribution in [3.05, 3.63) is 64.6 Å². The average Bonchev–Trinajstić information content (AvgIpc) is 2.79. The molecule has 1 aromatic rings. The van der Waals surface area contributed by atoms with Crippen molar-refractivity contribution in [3.8, 4) is 0 Å². The Morgan fingerprint density at radius 2 is 2.00 bits per heavy atom. The normalized spacial score (nSPS) is 18.4. The number of esters is 1. The largest absolute Gasteiger partial charge is 0.464 e. The van der Waals surface area contributed by atoms with Crippen molar-refractivity contribution in [2.75, 3.05) is 6.61 Å². The third-order valence-electron chi connectivity index (χ3n) is 3.70. The molecule has 0 fully saturated rings. The number of hydrogen-bond donors (Lipinski definition) is 0. The number of benzene rings is 1. The zero-order valence-corrected chi connectivity index (χ0v) is 11.6. The first-order valence-electron chi connectivity index (χ1n) is 6.86. The molecule has 3 rings (SSSR count). The molecule has 20 heavy (non-hydrogen) atoms. The molecule has 0 aromatic heterocycles. The van der Waals surface area contributed by atoms with E-state index in [9.17, 15) is 4.79 Å². The Labute approximate surface area is 118 Å². The van der Waals surface area contributed by atoms with E-state index in [0.29, 0.717) is 6.61 Å². The molecule has 0 heterocycles. The maximum absolute atomic E-state index is 11.7. The number of carbonyl (C=O) groups excluding carboxylic acids is 1. The Morgan fingerprint density at radius 1 is 1.25 bits per heavy atom. The van der Waals surface area contributed by atoms with E-state index in [4.69, 9.17) is 4.74 Å². The van der Waals surface area contributed by atoms with E-state index < -0.39 is 0 Å². The van der Waals surface area contributed by atoms with Crippen LogP contribution in [0.15, 0.2) is 53.5 Å². The number of fused-ring (bicyclic) bond motifs is 2. The van der Waals surface area contributed by atoms with Crippen LogP contribution in [0.3, 0.4) is 0 Å². The van der Waals surface area contributed by atoms with Crippen LogP contribution in [0, 0.1) is 5.92 Å². The van der Waals surface area contributed by atoms with Crippen LogP contribution in [0.5, 0.6) is 0 Å². The Hall–Kier alpha value is -2.27. The van der Waals surface area contributed by atoms with Gasteiger partial charge in [0.1, 0.15) is 6.61 Å². The fourth-order valence-electron chi connectivity index (χ4n) is 2.64. The van der Waals surface area contributed by atoms with Crippen molar-refractivity contribution < 1.29 is 9.53 Å². The van der Waals surface area contributed by atoms with Crippen LogP contribution in [0.2, 0.25) is 0 Å². The summed E-state index contributed by atoms with van der Waals surface area (Å²) < 4.78 is 5.44. The lowest BCUT2D eigenvalue weighted by Gasteiger charge is -2.16. The maximum atomic E-state index is 11.7. The lowest BCUT2D eigenvalue weighted by molar-refractivity contribution is -0.147. The molecule has 0 radical (unpaired) electrons. The monoisotopic (exact) mass is 264 g/mol. The van der Waals surface area contributed by atoms with E-state index in [1.54, 1.807) is 0 Å². The van der Waals surface area contributed by atoms with Crippen molar-refractivity contribution >= 4 is 11.5 Å². The molecule has 2 aliphatic carbocycles. The van der Waals surface area contributed by atoms with Crippen LogP contribution in [0.25, 0.3) is 5.57 Å². The number of ether oxygens (including phenoxy) is 1. The van der Waals surface area contributed by atoms with E-state index in [1.165, 1.54) is 22.3 Å². The van der Waals surface area contributed by atoms with Crippen LogP contribution >= 0.6 is 0 Å². The van der Waals surface area contributed by atoms with Crippen LogP contribution in [0.4, 0.5) is 0 Å². The standard InChI is InChI=1S/C18H16O2/c1-12(2)18(19)20-11-17-15-9-5-3-7-13(15)14-8-4-6-10-16(14)17/h3,5,7-10,12,17H,11H2,1-2H3. The molecule has 1 atom stereocenters. The first kappa shape index (κ1) is 12.7. The van der Waals surface area contributed by atoms with Gasteiger partial charge in [-0.2, -0.15) is 0 Å². The summed E-state index contributed by atoms with van der Waals surface area (Å²) in [6, 6.07) is 8.26. The molecule has 0 amide bonds. The lowest BCUT2D eigenvalue weighted by atomic mass is 9.96. The fraction of sp³-hybridized carbons (Fsp3) is 0.278.